The number of aromatic amines is 1. The van der Waals surface area contributed by atoms with E-state index in [1.165, 1.54) is 5.56 Å². The molecule has 1 saturated heterocycles. The van der Waals surface area contributed by atoms with Crippen molar-refractivity contribution in [2.45, 2.75) is 38.6 Å². The zero-order chi connectivity index (χ0) is 21.6. The van der Waals surface area contributed by atoms with Crippen molar-refractivity contribution in [2.24, 2.45) is 0 Å². The standard InChI is InChI=1S/C16H21N3O2.C4H4O4/c1-11(2)18-7-5-12(6-8-18)15-10-17-16-9-13(19(20)21)3-4-14(15)16;5-3(6)1-2-4(7)8/h3-4,9-12,17H,5-8H2,1-2H3;1-2H,(H,5,6)(H,7,8). The summed E-state index contributed by atoms with van der Waals surface area (Å²) in [6, 6.07) is 5.72. The first-order chi connectivity index (χ1) is 13.7. The average molecular weight is 403 g/mol. The summed E-state index contributed by atoms with van der Waals surface area (Å²) in [4.78, 5) is 35.3. The van der Waals surface area contributed by atoms with Crippen molar-refractivity contribution in [1.29, 1.82) is 0 Å². The van der Waals surface area contributed by atoms with Gasteiger partial charge in [0, 0.05) is 41.9 Å². The molecule has 0 unspecified atom stereocenters. The number of aromatic nitrogens is 1. The Morgan fingerprint density at radius 3 is 2.28 bits per heavy atom. The molecular formula is C20H25N3O6. The molecule has 0 atom stereocenters. The summed E-state index contributed by atoms with van der Waals surface area (Å²) in [6.07, 6.45) is 5.46. The van der Waals surface area contributed by atoms with Gasteiger partial charge in [0.25, 0.3) is 5.69 Å². The maximum Gasteiger partial charge on any atom is 0.328 e. The summed E-state index contributed by atoms with van der Waals surface area (Å²) >= 11 is 0. The lowest BCUT2D eigenvalue weighted by molar-refractivity contribution is -0.384. The monoisotopic (exact) mass is 403 g/mol. The minimum Gasteiger partial charge on any atom is -0.478 e. The van der Waals surface area contributed by atoms with E-state index in [0.717, 1.165) is 36.8 Å². The van der Waals surface area contributed by atoms with Gasteiger partial charge < -0.3 is 20.1 Å². The summed E-state index contributed by atoms with van der Waals surface area (Å²) in [7, 11) is 0. The van der Waals surface area contributed by atoms with E-state index in [1.807, 2.05) is 12.3 Å². The molecule has 0 amide bonds. The maximum atomic E-state index is 10.8. The molecule has 3 rings (SSSR count). The molecule has 2 heterocycles. The van der Waals surface area contributed by atoms with E-state index in [-0.39, 0.29) is 10.6 Å². The van der Waals surface area contributed by atoms with Crippen LogP contribution in [0.3, 0.4) is 0 Å². The highest BCUT2D eigenvalue weighted by molar-refractivity contribution is 5.89. The van der Waals surface area contributed by atoms with Gasteiger partial charge in [-0.1, -0.05) is 0 Å². The first-order valence-electron chi connectivity index (χ1n) is 9.32. The highest BCUT2D eigenvalue weighted by atomic mass is 16.6. The fourth-order valence-electron chi connectivity index (χ4n) is 3.46. The van der Waals surface area contributed by atoms with Gasteiger partial charge in [-0.2, -0.15) is 0 Å². The third-order valence-corrected chi connectivity index (χ3v) is 4.98. The number of nitrogens with one attached hydrogen (secondary N) is 1. The number of H-pyrrole nitrogens is 1. The van der Waals surface area contributed by atoms with Crippen molar-refractivity contribution < 1.29 is 24.7 Å². The normalized spacial score (nSPS) is 15.4. The Balaban J connectivity index is 0.000000321. The molecule has 29 heavy (non-hydrogen) atoms. The molecule has 3 N–H and O–H groups in total. The van der Waals surface area contributed by atoms with Gasteiger partial charge in [-0.15, -0.1) is 0 Å². The van der Waals surface area contributed by atoms with Gasteiger partial charge in [-0.3, -0.25) is 10.1 Å². The lowest BCUT2D eigenvalue weighted by atomic mass is 9.89. The van der Waals surface area contributed by atoms with Gasteiger partial charge in [0.05, 0.1) is 10.4 Å². The summed E-state index contributed by atoms with van der Waals surface area (Å²) in [6.45, 7) is 6.74. The fraction of sp³-hybridized carbons (Fsp3) is 0.400. The minimum atomic E-state index is -1.26. The Morgan fingerprint density at radius 2 is 1.79 bits per heavy atom. The number of fused-ring (bicyclic) bond motifs is 1. The number of nitrogens with zero attached hydrogens (tertiary/aromatic N) is 2. The average Bonchev–Trinajstić information content (AvgIpc) is 3.10. The number of nitro benzene ring substituents is 1. The largest absolute Gasteiger partial charge is 0.478 e. The molecule has 2 aromatic rings. The number of carbonyl (C=O) groups is 2. The van der Waals surface area contributed by atoms with Gasteiger partial charge in [-0.25, -0.2) is 9.59 Å². The van der Waals surface area contributed by atoms with E-state index in [2.05, 4.69) is 23.7 Å². The minimum absolute atomic E-state index is 0.144. The van der Waals surface area contributed by atoms with Crippen molar-refractivity contribution in [3.63, 3.8) is 0 Å². The topological polar surface area (TPSA) is 137 Å². The fourth-order valence-corrected chi connectivity index (χ4v) is 3.46. The molecule has 156 valence electrons. The Morgan fingerprint density at radius 1 is 1.21 bits per heavy atom. The summed E-state index contributed by atoms with van der Waals surface area (Å²) in [5.74, 6) is -1.96. The number of nitro groups is 1. The number of carboxylic acids is 2. The second-order valence-corrected chi connectivity index (χ2v) is 7.14. The molecule has 1 aliphatic heterocycles. The Labute approximate surface area is 167 Å². The molecule has 0 spiro atoms. The molecule has 1 aromatic carbocycles. The third kappa shape index (κ3) is 6.15. The van der Waals surface area contributed by atoms with E-state index < -0.39 is 11.9 Å². The molecule has 0 aliphatic carbocycles. The number of likely N-dealkylation sites (tertiary alicyclic amines) is 1. The van der Waals surface area contributed by atoms with Crippen molar-refractivity contribution >= 4 is 28.5 Å². The Bertz CT molecular complexity index is 894. The molecule has 0 radical (unpaired) electrons. The Kier molecular flexibility index (Phi) is 7.49. The second-order valence-electron chi connectivity index (χ2n) is 7.14. The highest BCUT2D eigenvalue weighted by Gasteiger charge is 2.24. The SMILES string of the molecule is CC(C)N1CCC(c2c[nH]c3cc([N+](=O)[O-])ccc23)CC1.O=C(O)C=CC(=O)O. The lowest BCUT2D eigenvalue weighted by Crippen LogP contribution is -2.37. The molecule has 1 fully saturated rings. The van der Waals surface area contributed by atoms with E-state index in [0.29, 0.717) is 24.1 Å². The zero-order valence-electron chi connectivity index (χ0n) is 16.4. The van der Waals surface area contributed by atoms with Crippen LogP contribution in [0.4, 0.5) is 5.69 Å². The summed E-state index contributed by atoms with van der Waals surface area (Å²) < 4.78 is 0. The number of aliphatic carboxylic acids is 2. The predicted molar refractivity (Wildman–Crippen MR) is 108 cm³/mol. The van der Waals surface area contributed by atoms with Crippen LogP contribution in [-0.4, -0.2) is 56.1 Å². The maximum absolute atomic E-state index is 10.8. The van der Waals surface area contributed by atoms with Gasteiger partial charge in [-0.05, 0) is 57.3 Å². The number of carboxylic acid groups (broad SMARTS) is 2. The van der Waals surface area contributed by atoms with E-state index in [1.54, 1.807) is 12.1 Å². The smallest absolute Gasteiger partial charge is 0.328 e. The van der Waals surface area contributed by atoms with E-state index >= 15 is 0 Å². The van der Waals surface area contributed by atoms with Crippen LogP contribution in [-0.2, 0) is 9.59 Å². The number of rotatable bonds is 5. The van der Waals surface area contributed by atoms with Crippen LogP contribution in [0.1, 0.15) is 38.2 Å². The number of non-ortho nitro benzene ring substituents is 1. The van der Waals surface area contributed by atoms with Crippen LogP contribution in [0, 0.1) is 10.1 Å². The van der Waals surface area contributed by atoms with Gasteiger partial charge in [0.1, 0.15) is 0 Å². The van der Waals surface area contributed by atoms with Crippen LogP contribution in [0.25, 0.3) is 10.9 Å². The van der Waals surface area contributed by atoms with Crippen molar-refractivity contribution in [1.82, 2.24) is 9.88 Å². The zero-order valence-corrected chi connectivity index (χ0v) is 16.4. The first kappa shape index (κ1) is 22.1. The predicted octanol–water partition coefficient (Wildman–Crippen LogP) is 3.38. The van der Waals surface area contributed by atoms with E-state index in [4.69, 9.17) is 10.2 Å². The molecule has 1 aromatic heterocycles. The molecule has 9 heteroatoms. The van der Waals surface area contributed by atoms with Crippen molar-refractivity contribution in [2.75, 3.05) is 13.1 Å². The lowest BCUT2D eigenvalue weighted by Gasteiger charge is -2.34. The summed E-state index contributed by atoms with van der Waals surface area (Å²) in [5.41, 5.74) is 2.32. The second kappa shape index (κ2) is 9.83. The summed E-state index contributed by atoms with van der Waals surface area (Å²) in [5, 5.41) is 27.6. The number of hydrogen-bond donors (Lipinski definition) is 3. The number of hydrogen-bond acceptors (Lipinski definition) is 5. The quantitative estimate of drug-likeness (QED) is 0.395. The first-order valence-corrected chi connectivity index (χ1v) is 9.32. The van der Waals surface area contributed by atoms with Crippen LogP contribution < -0.4 is 0 Å². The van der Waals surface area contributed by atoms with E-state index in [9.17, 15) is 19.7 Å². The molecule has 1 aliphatic rings. The molecular weight excluding hydrogens is 378 g/mol. The third-order valence-electron chi connectivity index (χ3n) is 4.98. The molecule has 0 bridgehead atoms. The van der Waals surface area contributed by atoms with Gasteiger partial charge in [0.2, 0.25) is 0 Å². The highest BCUT2D eigenvalue weighted by Crippen LogP contribution is 2.34. The van der Waals surface area contributed by atoms with Gasteiger partial charge in [0.15, 0.2) is 0 Å². The Hall–Kier alpha value is -3.20. The van der Waals surface area contributed by atoms with Crippen LogP contribution in [0.15, 0.2) is 36.5 Å². The van der Waals surface area contributed by atoms with Crippen molar-refractivity contribution in [3.05, 3.63) is 52.2 Å². The number of piperidine rings is 1. The molecule has 0 saturated carbocycles. The van der Waals surface area contributed by atoms with Crippen LogP contribution in [0.5, 0.6) is 0 Å². The van der Waals surface area contributed by atoms with Crippen molar-refractivity contribution in [3.8, 4) is 0 Å². The number of benzene rings is 1. The van der Waals surface area contributed by atoms with Crippen LogP contribution in [0.2, 0.25) is 0 Å². The molecule has 9 nitrogen and oxygen atoms in total. The van der Waals surface area contributed by atoms with Crippen LogP contribution >= 0.6 is 0 Å². The van der Waals surface area contributed by atoms with Gasteiger partial charge >= 0.3 is 11.9 Å².